The minimum Gasteiger partial charge on any atom is -0.462 e. The van der Waals surface area contributed by atoms with Gasteiger partial charge < -0.3 is 33.8 Å². The Kier molecular flexibility index (Phi) is 72.4. The molecule has 0 saturated carbocycles. The third kappa shape index (κ3) is 75.2. The van der Waals surface area contributed by atoms with E-state index in [9.17, 15) is 43.2 Å². The van der Waals surface area contributed by atoms with Gasteiger partial charge in [0.05, 0.1) is 32.8 Å². The van der Waals surface area contributed by atoms with E-state index in [1.807, 2.05) is 12.2 Å². The molecular weight excluding hydrogens is 1350 g/mol. The number of rotatable bonds is 74. The van der Waals surface area contributed by atoms with Crippen LogP contribution in [0.25, 0.3) is 0 Å². The van der Waals surface area contributed by atoms with Crippen molar-refractivity contribution in [2.45, 2.75) is 329 Å². The first-order chi connectivity index (χ1) is 50.7. The predicted octanol–water partition coefficient (Wildman–Crippen LogP) is 23.4. The minimum atomic E-state index is -5.01. The fourth-order valence-corrected chi connectivity index (χ4v) is 11.9. The largest absolute Gasteiger partial charge is 0.472 e. The molecule has 0 heterocycles. The number of hydrogen-bond donors (Lipinski definition) is 3. The Hall–Kier alpha value is -5.06. The third-order valence-electron chi connectivity index (χ3n) is 16.3. The van der Waals surface area contributed by atoms with E-state index in [1.54, 1.807) is 12.2 Å². The smallest absolute Gasteiger partial charge is 0.462 e. The Morgan fingerprint density at radius 3 is 0.856 bits per heavy atom. The zero-order valence-electron chi connectivity index (χ0n) is 64.9. The topological polar surface area (TPSA) is 237 Å². The number of ether oxygens (including phenoxy) is 4. The van der Waals surface area contributed by atoms with Gasteiger partial charge in [0, 0.05) is 19.3 Å². The fraction of sp³-hybridized carbons (Fsp3) is 0.671. The summed E-state index contributed by atoms with van der Waals surface area (Å²) >= 11 is 0. The highest BCUT2D eigenvalue weighted by molar-refractivity contribution is 7.47. The van der Waals surface area contributed by atoms with E-state index in [0.29, 0.717) is 25.7 Å². The Morgan fingerprint density at radius 2 is 0.538 bits per heavy atom. The molecule has 0 aromatic carbocycles. The molecule has 0 aliphatic rings. The van der Waals surface area contributed by atoms with E-state index in [1.165, 1.54) is 64.2 Å². The Balaban J connectivity index is 5.45. The van der Waals surface area contributed by atoms with Gasteiger partial charge in [0.25, 0.3) is 0 Å². The molecule has 17 nitrogen and oxygen atoms in total. The first kappa shape index (κ1) is 98.9. The van der Waals surface area contributed by atoms with Crippen LogP contribution in [0.3, 0.4) is 0 Å². The van der Waals surface area contributed by atoms with Gasteiger partial charge in [-0.1, -0.05) is 308 Å². The molecule has 0 aliphatic carbocycles. The van der Waals surface area contributed by atoms with Crippen LogP contribution in [0, 0.1) is 0 Å². The minimum absolute atomic E-state index is 0.0866. The quantitative estimate of drug-likeness (QED) is 0.0169. The molecule has 104 heavy (non-hydrogen) atoms. The second-order valence-corrected chi connectivity index (χ2v) is 29.1. The van der Waals surface area contributed by atoms with Crippen LogP contribution in [0.1, 0.15) is 310 Å². The molecule has 0 bridgehead atoms. The number of hydrogen-bond acceptors (Lipinski definition) is 15. The Bertz CT molecular complexity index is 2540. The lowest BCUT2D eigenvalue weighted by molar-refractivity contribution is -0.161. The van der Waals surface area contributed by atoms with Crippen molar-refractivity contribution in [3.8, 4) is 0 Å². The molecule has 5 unspecified atom stereocenters. The van der Waals surface area contributed by atoms with Gasteiger partial charge in [-0.15, -0.1) is 0 Å². The van der Waals surface area contributed by atoms with Gasteiger partial charge in [-0.05, 0) is 122 Å². The molecule has 0 amide bonds. The summed E-state index contributed by atoms with van der Waals surface area (Å²) in [6, 6.07) is 0. The first-order valence-corrected chi connectivity index (χ1v) is 43.1. The molecule has 594 valence electrons. The summed E-state index contributed by atoms with van der Waals surface area (Å²) in [7, 11) is -10.0. The number of aliphatic hydroxyl groups excluding tert-OH is 1. The van der Waals surface area contributed by atoms with Gasteiger partial charge >= 0.3 is 39.5 Å². The van der Waals surface area contributed by atoms with Crippen LogP contribution >= 0.6 is 15.6 Å². The number of allylic oxidation sites excluding steroid dienone is 23. The monoisotopic (exact) mass is 1500 g/mol. The van der Waals surface area contributed by atoms with Gasteiger partial charge in [-0.25, -0.2) is 9.13 Å². The summed E-state index contributed by atoms with van der Waals surface area (Å²) in [4.78, 5) is 73.0. The summed E-state index contributed by atoms with van der Waals surface area (Å²) in [6.07, 6.45) is 87.1. The van der Waals surface area contributed by atoms with Crippen molar-refractivity contribution in [1.82, 2.24) is 0 Å². The van der Waals surface area contributed by atoms with Gasteiger partial charge in [0.1, 0.15) is 19.3 Å². The zero-order chi connectivity index (χ0) is 76.0. The van der Waals surface area contributed by atoms with Crippen molar-refractivity contribution in [2.24, 2.45) is 0 Å². The van der Waals surface area contributed by atoms with E-state index in [4.69, 9.17) is 37.0 Å². The van der Waals surface area contributed by atoms with Gasteiger partial charge in [0.15, 0.2) is 12.2 Å². The summed E-state index contributed by atoms with van der Waals surface area (Å²) in [5.74, 6) is -2.36. The van der Waals surface area contributed by atoms with Crippen LogP contribution < -0.4 is 0 Å². The number of unbranched alkanes of at least 4 members (excludes halogenated alkanes) is 25. The van der Waals surface area contributed by atoms with Crippen LogP contribution in [0.15, 0.2) is 146 Å². The zero-order valence-corrected chi connectivity index (χ0v) is 66.7. The number of phosphoric acid groups is 2. The molecule has 19 heteroatoms. The van der Waals surface area contributed by atoms with Crippen LogP contribution in [-0.2, 0) is 65.4 Å². The van der Waals surface area contributed by atoms with E-state index in [0.717, 1.165) is 167 Å². The summed E-state index contributed by atoms with van der Waals surface area (Å²) in [5.41, 5.74) is 0. The van der Waals surface area contributed by atoms with Gasteiger partial charge in [0.2, 0.25) is 0 Å². The number of aliphatic hydroxyl groups is 1. The van der Waals surface area contributed by atoms with Crippen molar-refractivity contribution < 1.29 is 80.2 Å². The fourth-order valence-electron chi connectivity index (χ4n) is 10.4. The highest BCUT2D eigenvalue weighted by Crippen LogP contribution is 2.45. The van der Waals surface area contributed by atoms with Crippen LogP contribution in [-0.4, -0.2) is 96.7 Å². The molecular formula is C85H142O17P2. The third-order valence-corrected chi connectivity index (χ3v) is 18.2. The molecule has 0 aromatic rings. The van der Waals surface area contributed by atoms with E-state index < -0.39 is 97.5 Å². The lowest BCUT2D eigenvalue weighted by Gasteiger charge is -2.21. The predicted molar refractivity (Wildman–Crippen MR) is 427 cm³/mol. The maximum absolute atomic E-state index is 13.1. The highest BCUT2D eigenvalue weighted by atomic mass is 31.2. The van der Waals surface area contributed by atoms with Crippen LogP contribution in [0.4, 0.5) is 0 Å². The van der Waals surface area contributed by atoms with Crippen molar-refractivity contribution >= 4 is 39.5 Å². The molecule has 0 aromatic heterocycles. The summed E-state index contributed by atoms with van der Waals surface area (Å²) in [5, 5.41) is 10.6. The molecule has 0 fully saturated rings. The highest BCUT2D eigenvalue weighted by Gasteiger charge is 2.30. The van der Waals surface area contributed by atoms with Crippen molar-refractivity contribution in [1.29, 1.82) is 0 Å². The normalized spacial score (nSPS) is 14.6. The van der Waals surface area contributed by atoms with E-state index >= 15 is 0 Å². The van der Waals surface area contributed by atoms with Crippen LogP contribution in [0.5, 0.6) is 0 Å². The van der Waals surface area contributed by atoms with E-state index in [2.05, 4.69) is 149 Å². The molecule has 3 N–H and O–H groups in total. The van der Waals surface area contributed by atoms with Gasteiger partial charge in [-0.3, -0.25) is 37.3 Å². The first-order valence-electron chi connectivity index (χ1n) is 40.1. The molecule has 0 saturated heterocycles. The standard InChI is InChI=1S/C85H142O17P2/c1-5-9-13-17-21-25-29-33-37-39-43-45-49-53-57-61-65-69-82(87)95-75-80(101-84(89)71-67-63-59-55-51-47-41-35-31-27-23-19-15-11-7-3)77-99-103(91,92)97-73-79(86)74-98-104(93,94)100-78-81(102-85(90)72-68-64-60-56-52-48-42-36-32-28-24-20-16-12-8-4)76-96-83(88)70-66-62-58-54-50-46-44-40-38-34-30-26-22-18-14-10-6-2/h9-11,13-15,21-23,25-27,33-35,37-38,41,44,46,51,55,63,67,79-81,86H,5-8,12,16-20,24,28-32,36,39-40,42-43,45,47-50,52-54,56-62,64-66,68-78H2,1-4H3,(H,91,92)(H,93,94)/b13-9-,14-10-,15-11-,25-21-,26-22-,27-23-,37-33-,38-34-,41-35-,46-44-,55-51-,67-63-. The number of carbonyl (C=O) groups is 4. The number of carbonyl (C=O) groups excluding carboxylic acids is 4. The van der Waals surface area contributed by atoms with Gasteiger partial charge in [-0.2, -0.15) is 0 Å². The van der Waals surface area contributed by atoms with Crippen molar-refractivity contribution in [3.05, 3.63) is 146 Å². The molecule has 0 spiro atoms. The molecule has 0 aliphatic heterocycles. The van der Waals surface area contributed by atoms with Crippen molar-refractivity contribution in [3.63, 3.8) is 0 Å². The lowest BCUT2D eigenvalue weighted by atomic mass is 10.0. The SMILES string of the molecule is CC/C=C\C/C=C\C/C=C\C/C=C\C/C=C\CC(=O)OC(COC(=O)CCCCCCCCC/C=C\C/C=C\C/C=C\CC)COP(=O)(O)OCC(O)COP(=O)(O)OCC(COC(=O)CCCCCC/C=C\C/C=C\C/C=C\C/C=C\CC)OC(=O)CCCCCCCCCCCCCCCCC. The number of phosphoric ester groups is 2. The second-order valence-electron chi connectivity index (χ2n) is 26.2. The van der Waals surface area contributed by atoms with Crippen molar-refractivity contribution in [2.75, 3.05) is 39.6 Å². The number of esters is 4. The lowest BCUT2D eigenvalue weighted by Crippen LogP contribution is -2.30. The molecule has 0 rings (SSSR count). The average Bonchev–Trinajstić information content (AvgIpc) is 1.21. The molecule has 0 radical (unpaired) electrons. The Morgan fingerprint density at radius 1 is 0.288 bits per heavy atom. The summed E-state index contributed by atoms with van der Waals surface area (Å²) < 4.78 is 68.5. The maximum Gasteiger partial charge on any atom is 0.472 e. The second kappa shape index (κ2) is 76.1. The summed E-state index contributed by atoms with van der Waals surface area (Å²) in [6.45, 7) is 4.40. The van der Waals surface area contributed by atoms with E-state index in [-0.39, 0.29) is 25.7 Å². The molecule has 5 atom stereocenters. The van der Waals surface area contributed by atoms with Crippen LogP contribution in [0.2, 0.25) is 0 Å². The Labute approximate surface area is 630 Å². The maximum atomic E-state index is 13.1. The average molecular weight is 1500 g/mol.